The topological polar surface area (TPSA) is 91.5 Å². The van der Waals surface area contributed by atoms with E-state index in [2.05, 4.69) is 10.3 Å². The Hall–Kier alpha value is -2.83. The van der Waals surface area contributed by atoms with Crippen molar-refractivity contribution >= 4 is 22.9 Å². The maximum absolute atomic E-state index is 12.3. The van der Waals surface area contributed by atoms with Crippen LogP contribution >= 0.6 is 0 Å². The summed E-state index contributed by atoms with van der Waals surface area (Å²) in [5.74, 6) is -0.0713. The van der Waals surface area contributed by atoms with Gasteiger partial charge in [0.25, 0.3) is 5.56 Å². The van der Waals surface area contributed by atoms with Crippen molar-refractivity contribution in [2.75, 3.05) is 19.7 Å². The van der Waals surface area contributed by atoms with Crippen LogP contribution in [0.4, 0.5) is 4.79 Å². The molecule has 2 heterocycles. The van der Waals surface area contributed by atoms with Crippen molar-refractivity contribution in [3.63, 3.8) is 0 Å². The molecular weight excluding hydrogens is 358 g/mol. The molecule has 0 saturated carbocycles. The summed E-state index contributed by atoms with van der Waals surface area (Å²) in [5, 5.41) is 3.98. The minimum absolute atomic E-state index is 0.0519. The van der Waals surface area contributed by atoms with E-state index in [1.54, 1.807) is 11.8 Å². The zero-order chi connectivity index (χ0) is 20.1. The summed E-state index contributed by atoms with van der Waals surface area (Å²) in [4.78, 5) is 40.8. The molecule has 0 bridgehead atoms. The van der Waals surface area contributed by atoms with Crippen molar-refractivity contribution in [2.45, 2.75) is 45.6 Å². The molecule has 28 heavy (non-hydrogen) atoms. The molecule has 1 aromatic heterocycles. The van der Waals surface area contributed by atoms with E-state index in [1.165, 1.54) is 0 Å². The van der Waals surface area contributed by atoms with Gasteiger partial charge < -0.3 is 19.9 Å². The number of likely N-dealkylation sites (tertiary alicyclic amines) is 1. The van der Waals surface area contributed by atoms with Gasteiger partial charge in [-0.3, -0.25) is 9.59 Å². The van der Waals surface area contributed by atoms with Crippen LogP contribution < -0.4 is 10.9 Å². The highest BCUT2D eigenvalue weighted by molar-refractivity contribution is 5.80. The summed E-state index contributed by atoms with van der Waals surface area (Å²) in [6, 6.07) is 7.83. The summed E-state index contributed by atoms with van der Waals surface area (Å²) in [6.07, 6.45) is 1.78. The van der Waals surface area contributed by atoms with Crippen LogP contribution in [0.2, 0.25) is 0 Å². The van der Waals surface area contributed by atoms with Crippen LogP contribution in [-0.4, -0.2) is 47.6 Å². The van der Waals surface area contributed by atoms with E-state index in [9.17, 15) is 14.4 Å². The van der Waals surface area contributed by atoms with Crippen molar-refractivity contribution in [1.82, 2.24) is 15.2 Å². The molecule has 0 radical (unpaired) electrons. The second-order valence-electron chi connectivity index (χ2n) is 7.24. The molecule has 7 heteroatoms. The first kappa shape index (κ1) is 19.9. The molecular formula is C21H27N3O4. The number of hydrogen-bond acceptors (Lipinski definition) is 4. The minimum Gasteiger partial charge on any atom is -0.450 e. The van der Waals surface area contributed by atoms with E-state index in [0.29, 0.717) is 44.5 Å². The second kappa shape index (κ2) is 8.91. The Bertz CT molecular complexity index is 913. The lowest BCUT2D eigenvalue weighted by Crippen LogP contribution is -2.46. The number of amides is 2. The Morgan fingerprint density at radius 2 is 2.00 bits per heavy atom. The number of nitrogens with zero attached hydrogens (tertiary/aromatic N) is 1. The smallest absolute Gasteiger partial charge is 0.409 e. The number of aryl methyl sites for hydroxylation is 2. The van der Waals surface area contributed by atoms with Crippen LogP contribution in [0, 0.1) is 6.92 Å². The predicted molar refractivity (Wildman–Crippen MR) is 107 cm³/mol. The van der Waals surface area contributed by atoms with Crippen molar-refractivity contribution < 1.29 is 14.3 Å². The van der Waals surface area contributed by atoms with E-state index in [0.717, 1.165) is 16.5 Å². The number of piperidine rings is 1. The molecule has 7 nitrogen and oxygen atoms in total. The van der Waals surface area contributed by atoms with Gasteiger partial charge in [0.15, 0.2) is 0 Å². The average Bonchev–Trinajstić information content (AvgIpc) is 2.67. The standard InChI is InChI=1S/C21H27N3O4/c1-3-28-21(27)24-10-8-17(9-11-24)22-19(25)7-6-16-13-15-5-4-14(2)12-18(15)23-20(16)26/h4-5,12-13,17H,3,6-11H2,1-2H3,(H,22,25)(H,23,26). The van der Waals surface area contributed by atoms with Crippen molar-refractivity contribution in [3.8, 4) is 0 Å². The third-order valence-corrected chi connectivity index (χ3v) is 5.09. The maximum Gasteiger partial charge on any atom is 0.409 e. The van der Waals surface area contributed by atoms with Crippen molar-refractivity contribution in [3.05, 3.63) is 45.7 Å². The number of fused-ring (bicyclic) bond motifs is 1. The molecule has 1 aromatic carbocycles. The molecule has 1 saturated heterocycles. The van der Waals surface area contributed by atoms with Gasteiger partial charge in [-0.1, -0.05) is 12.1 Å². The van der Waals surface area contributed by atoms with Crippen molar-refractivity contribution in [2.24, 2.45) is 0 Å². The van der Waals surface area contributed by atoms with Gasteiger partial charge in [-0.2, -0.15) is 0 Å². The monoisotopic (exact) mass is 385 g/mol. The number of nitrogens with one attached hydrogen (secondary N) is 2. The molecule has 3 rings (SSSR count). The van der Waals surface area contributed by atoms with Crippen molar-refractivity contribution in [1.29, 1.82) is 0 Å². The summed E-state index contributed by atoms with van der Waals surface area (Å²) < 4.78 is 5.00. The third kappa shape index (κ3) is 4.91. The Morgan fingerprint density at radius 1 is 1.25 bits per heavy atom. The highest BCUT2D eigenvalue weighted by Crippen LogP contribution is 2.14. The molecule has 1 aliphatic rings. The van der Waals surface area contributed by atoms with Gasteiger partial charge in [0.1, 0.15) is 0 Å². The molecule has 150 valence electrons. The largest absolute Gasteiger partial charge is 0.450 e. The Labute approximate surface area is 164 Å². The average molecular weight is 385 g/mol. The Kier molecular flexibility index (Phi) is 6.34. The number of benzene rings is 1. The molecule has 1 fully saturated rings. The van der Waals surface area contributed by atoms with Gasteiger partial charge in [0.2, 0.25) is 5.91 Å². The Morgan fingerprint density at radius 3 is 2.71 bits per heavy atom. The predicted octanol–water partition coefficient (Wildman–Crippen LogP) is 2.51. The summed E-state index contributed by atoms with van der Waals surface area (Å²) in [6.45, 7) is 5.28. The number of aromatic amines is 1. The number of aromatic nitrogens is 1. The molecule has 2 aromatic rings. The first-order valence-corrected chi connectivity index (χ1v) is 9.80. The lowest BCUT2D eigenvalue weighted by atomic mass is 10.0. The molecule has 0 aliphatic carbocycles. The number of pyridine rings is 1. The molecule has 2 N–H and O–H groups in total. The summed E-state index contributed by atoms with van der Waals surface area (Å²) in [7, 11) is 0. The van der Waals surface area contributed by atoms with Crippen LogP contribution in [0.15, 0.2) is 29.1 Å². The quantitative estimate of drug-likeness (QED) is 0.827. The number of hydrogen-bond donors (Lipinski definition) is 2. The van der Waals surface area contributed by atoms with E-state index in [-0.39, 0.29) is 30.0 Å². The SMILES string of the molecule is CCOC(=O)N1CCC(NC(=O)CCc2cc3ccc(C)cc3[nH]c2=O)CC1. The van der Waals surface area contributed by atoms with Crippen LogP contribution in [0.5, 0.6) is 0 Å². The second-order valence-corrected chi connectivity index (χ2v) is 7.24. The van der Waals surface area contributed by atoms with E-state index in [4.69, 9.17) is 4.74 Å². The molecule has 1 aliphatic heterocycles. The van der Waals surface area contributed by atoms with E-state index in [1.807, 2.05) is 31.2 Å². The van der Waals surface area contributed by atoms with E-state index >= 15 is 0 Å². The molecule has 0 spiro atoms. The molecule has 0 atom stereocenters. The maximum atomic E-state index is 12.3. The van der Waals surface area contributed by atoms with Crippen LogP contribution in [0.3, 0.4) is 0 Å². The minimum atomic E-state index is -0.294. The lowest BCUT2D eigenvalue weighted by Gasteiger charge is -2.31. The number of carbonyl (C=O) groups is 2. The van der Waals surface area contributed by atoms with Crippen LogP contribution in [0.1, 0.15) is 37.3 Å². The van der Waals surface area contributed by atoms with Gasteiger partial charge >= 0.3 is 6.09 Å². The lowest BCUT2D eigenvalue weighted by molar-refractivity contribution is -0.122. The van der Waals surface area contributed by atoms with Gasteiger partial charge in [0.05, 0.1) is 6.61 Å². The highest BCUT2D eigenvalue weighted by atomic mass is 16.6. The summed E-state index contributed by atoms with van der Waals surface area (Å²) in [5.41, 5.74) is 2.37. The zero-order valence-electron chi connectivity index (χ0n) is 16.4. The van der Waals surface area contributed by atoms with Crippen LogP contribution in [0.25, 0.3) is 10.9 Å². The fourth-order valence-corrected chi connectivity index (χ4v) is 3.51. The summed E-state index contributed by atoms with van der Waals surface area (Å²) >= 11 is 0. The zero-order valence-corrected chi connectivity index (χ0v) is 16.4. The van der Waals surface area contributed by atoms with Gasteiger partial charge in [0, 0.05) is 36.6 Å². The number of rotatable bonds is 5. The molecule has 2 amide bonds. The third-order valence-electron chi connectivity index (χ3n) is 5.09. The van der Waals surface area contributed by atoms with Gasteiger partial charge in [-0.15, -0.1) is 0 Å². The Balaban J connectivity index is 1.50. The number of ether oxygens (including phenoxy) is 1. The fourth-order valence-electron chi connectivity index (χ4n) is 3.51. The fraction of sp³-hybridized carbons (Fsp3) is 0.476. The number of H-pyrrole nitrogens is 1. The highest BCUT2D eigenvalue weighted by Gasteiger charge is 2.24. The first-order valence-electron chi connectivity index (χ1n) is 9.80. The first-order chi connectivity index (χ1) is 13.5. The van der Waals surface area contributed by atoms with Gasteiger partial charge in [-0.25, -0.2) is 4.79 Å². The molecule has 0 unspecified atom stereocenters. The number of carbonyl (C=O) groups excluding carboxylic acids is 2. The van der Waals surface area contributed by atoms with Crippen LogP contribution in [-0.2, 0) is 16.0 Å². The normalized spacial score (nSPS) is 14.9. The van der Waals surface area contributed by atoms with E-state index < -0.39 is 0 Å². The van der Waals surface area contributed by atoms with Gasteiger partial charge in [-0.05, 0) is 56.2 Å².